The molecule has 0 atom stereocenters. The van der Waals surface area contributed by atoms with E-state index in [2.05, 4.69) is 22.0 Å². The van der Waals surface area contributed by atoms with Crippen LogP contribution in [0.4, 0.5) is 5.82 Å². The predicted molar refractivity (Wildman–Crippen MR) is 88.0 cm³/mol. The molecule has 1 N–H and O–H groups in total. The maximum Gasteiger partial charge on any atom is 0.129 e. The molecule has 0 aromatic carbocycles. The van der Waals surface area contributed by atoms with E-state index >= 15 is 0 Å². The van der Waals surface area contributed by atoms with Crippen LogP contribution in [0.2, 0.25) is 5.02 Å². The van der Waals surface area contributed by atoms with E-state index in [1.807, 2.05) is 12.1 Å². The molecule has 1 aliphatic carbocycles. The van der Waals surface area contributed by atoms with Crippen LogP contribution in [0.5, 0.6) is 0 Å². The SMILES string of the molecule is CCNCc1nc(N2CCN(CC3CC3)CC2)ccc1Cl. The topological polar surface area (TPSA) is 31.4 Å². The van der Waals surface area contributed by atoms with Gasteiger partial charge in [-0.1, -0.05) is 18.5 Å². The molecule has 0 amide bonds. The minimum absolute atomic E-state index is 0.741. The number of nitrogens with zero attached hydrogens (tertiary/aromatic N) is 3. The first-order valence-electron chi connectivity index (χ1n) is 8.09. The number of hydrogen-bond acceptors (Lipinski definition) is 4. The molecule has 0 bridgehead atoms. The number of nitrogens with one attached hydrogen (secondary N) is 1. The average Bonchev–Trinajstić information content (AvgIpc) is 3.31. The van der Waals surface area contributed by atoms with E-state index in [9.17, 15) is 0 Å². The molecule has 1 aromatic rings. The molecular formula is C16H25ClN4. The monoisotopic (exact) mass is 308 g/mol. The maximum absolute atomic E-state index is 6.23. The summed E-state index contributed by atoms with van der Waals surface area (Å²) >= 11 is 6.23. The molecule has 1 saturated heterocycles. The minimum atomic E-state index is 0.741. The Bertz CT molecular complexity index is 467. The van der Waals surface area contributed by atoms with Crippen molar-refractivity contribution in [1.29, 1.82) is 0 Å². The largest absolute Gasteiger partial charge is 0.354 e. The zero-order chi connectivity index (χ0) is 14.7. The van der Waals surface area contributed by atoms with Gasteiger partial charge in [-0.25, -0.2) is 4.98 Å². The van der Waals surface area contributed by atoms with Gasteiger partial charge in [0.05, 0.1) is 10.7 Å². The molecule has 5 heteroatoms. The molecule has 2 heterocycles. The number of pyridine rings is 1. The number of halogens is 1. The van der Waals surface area contributed by atoms with Gasteiger partial charge in [0, 0.05) is 39.3 Å². The van der Waals surface area contributed by atoms with Crippen molar-refractivity contribution >= 4 is 17.4 Å². The second kappa shape index (κ2) is 6.95. The number of anilines is 1. The Morgan fingerprint density at radius 2 is 2.00 bits per heavy atom. The van der Waals surface area contributed by atoms with Gasteiger partial charge in [-0.3, -0.25) is 4.90 Å². The average molecular weight is 309 g/mol. The van der Waals surface area contributed by atoms with Crippen LogP contribution in [0, 0.1) is 5.92 Å². The summed E-state index contributed by atoms with van der Waals surface area (Å²) in [6, 6.07) is 4.03. The van der Waals surface area contributed by atoms with E-state index in [1.54, 1.807) is 0 Å². The lowest BCUT2D eigenvalue weighted by Crippen LogP contribution is -2.47. The molecule has 1 aromatic heterocycles. The van der Waals surface area contributed by atoms with Gasteiger partial charge in [0.15, 0.2) is 0 Å². The lowest BCUT2D eigenvalue weighted by Gasteiger charge is -2.35. The van der Waals surface area contributed by atoms with Crippen molar-refractivity contribution < 1.29 is 0 Å². The summed E-state index contributed by atoms with van der Waals surface area (Å²) in [6.45, 7) is 9.52. The molecule has 0 radical (unpaired) electrons. The normalized spacial score (nSPS) is 20.0. The van der Waals surface area contributed by atoms with Gasteiger partial charge in [-0.15, -0.1) is 0 Å². The fourth-order valence-electron chi connectivity index (χ4n) is 2.84. The Morgan fingerprint density at radius 1 is 1.24 bits per heavy atom. The van der Waals surface area contributed by atoms with E-state index < -0.39 is 0 Å². The van der Waals surface area contributed by atoms with Gasteiger partial charge in [-0.2, -0.15) is 0 Å². The molecule has 116 valence electrons. The predicted octanol–water partition coefficient (Wildman–Crippen LogP) is 2.38. The summed E-state index contributed by atoms with van der Waals surface area (Å²) < 4.78 is 0. The molecular weight excluding hydrogens is 284 g/mol. The van der Waals surface area contributed by atoms with Gasteiger partial charge in [0.1, 0.15) is 5.82 Å². The van der Waals surface area contributed by atoms with Crippen molar-refractivity contribution in [3.8, 4) is 0 Å². The lowest BCUT2D eigenvalue weighted by atomic mass is 10.2. The van der Waals surface area contributed by atoms with Gasteiger partial charge in [-0.05, 0) is 37.4 Å². The molecule has 1 saturated carbocycles. The van der Waals surface area contributed by atoms with Crippen LogP contribution >= 0.6 is 11.6 Å². The van der Waals surface area contributed by atoms with E-state index in [-0.39, 0.29) is 0 Å². The highest BCUT2D eigenvalue weighted by Gasteiger charge is 2.26. The van der Waals surface area contributed by atoms with E-state index in [1.165, 1.54) is 19.4 Å². The first-order chi connectivity index (χ1) is 10.3. The summed E-state index contributed by atoms with van der Waals surface area (Å²) in [4.78, 5) is 9.73. The van der Waals surface area contributed by atoms with Crippen LogP contribution in [-0.2, 0) is 6.54 Å². The second-order valence-electron chi connectivity index (χ2n) is 6.11. The van der Waals surface area contributed by atoms with Crippen LogP contribution in [0.1, 0.15) is 25.5 Å². The molecule has 4 nitrogen and oxygen atoms in total. The number of rotatable bonds is 6. The Balaban J connectivity index is 1.58. The second-order valence-corrected chi connectivity index (χ2v) is 6.52. The van der Waals surface area contributed by atoms with Crippen LogP contribution in [0.25, 0.3) is 0 Å². The molecule has 2 aliphatic rings. The summed E-state index contributed by atoms with van der Waals surface area (Å²) in [5.41, 5.74) is 0.955. The summed E-state index contributed by atoms with van der Waals surface area (Å²) in [5.74, 6) is 2.05. The van der Waals surface area contributed by atoms with Crippen molar-refractivity contribution in [3.63, 3.8) is 0 Å². The summed E-state index contributed by atoms with van der Waals surface area (Å²) in [7, 11) is 0. The third kappa shape index (κ3) is 4.09. The summed E-state index contributed by atoms with van der Waals surface area (Å²) in [6.07, 6.45) is 2.87. The highest BCUT2D eigenvalue weighted by Crippen LogP contribution is 2.30. The third-order valence-corrected chi connectivity index (χ3v) is 4.70. The number of piperazine rings is 1. The first-order valence-corrected chi connectivity index (χ1v) is 8.47. The zero-order valence-corrected chi connectivity index (χ0v) is 13.6. The smallest absolute Gasteiger partial charge is 0.129 e. The highest BCUT2D eigenvalue weighted by atomic mass is 35.5. The van der Waals surface area contributed by atoms with Crippen molar-refractivity contribution in [2.75, 3.05) is 44.2 Å². The van der Waals surface area contributed by atoms with E-state index in [0.29, 0.717) is 0 Å². The maximum atomic E-state index is 6.23. The molecule has 0 spiro atoms. The Hall–Kier alpha value is -0.840. The van der Waals surface area contributed by atoms with Gasteiger partial charge < -0.3 is 10.2 Å². The Labute approximate surface area is 132 Å². The Kier molecular flexibility index (Phi) is 4.99. The van der Waals surface area contributed by atoms with Gasteiger partial charge in [0.25, 0.3) is 0 Å². The molecule has 2 fully saturated rings. The van der Waals surface area contributed by atoms with Crippen LogP contribution in [0.15, 0.2) is 12.1 Å². The molecule has 1 aliphatic heterocycles. The van der Waals surface area contributed by atoms with Crippen molar-refractivity contribution in [1.82, 2.24) is 15.2 Å². The highest BCUT2D eigenvalue weighted by molar-refractivity contribution is 6.31. The molecule has 0 unspecified atom stereocenters. The van der Waals surface area contributed by atoms with E-state index in [4.69, 9.17) is 16.6 Å². The van der Waals surface area contributed by atoms with Gasteiger partial charge in [0.2, 0.25) is 0 Å². The Morgan fingerprint density at radius 3 is 2.67 bits per heavy atom. The zero-order valence-electron chi connectivity index (χ0n) is 12.8. The third-order valence-electron chi connectivity index (χ3n) is 4.36. The molecule has 21 heavy (non-hydrogen) atoms. The quantitative estimate of drug-likeness (QED) is 0.874. The van der Waals surface area contributed by atoms with Crippen LogP contribution in [-0.4, -0.2) is 49.2 Å². The fourth-order valence-corrected chi connectivity index (χ4v) is 3.01. The minimum Gasteiger partial charge on any atom is -0.354 e. The van der Waals surface area contributed by atoms with Crippen LogP contribution in [0.3, 0.4) is 0 Å². The van der Waals surface area contributed by atoms with Crippen LogP contribution < -0.4 is 10.2 Å². The standard InChI is InChI=1S/C16H25ClN4/c1-2-18-11-15-14(17)5-6-16(19-15)21-9-7-20(8-10-21)12-13-3-4-13/h5-6,13,18H,2-4,7-12H2,1H3. The van der Waals surface area contributed by atoms with Crippen molar-refractivity contribution in [3.05, 3.63) is 22.8 Å². The van der Waals surface area contributed by atoms with Crippen molar-refractivity contribution in [2.24, 2.45) is 5.92 Å². The number of hydrogen-bond donors (Lipinski definition) is 1. The van der Waals surface area contributed by atoms with Crippen molar-refractivity contribution in [2.45, 2.75) is 26.3 Å². The summed E-state index contributed by atoms with van der Waals surface area (Å²) in [5, 5.41) is 4.05. The first kappa shape index (κ1) is 15.1. The molecule has 3 rings (SSSR count). The fraction of sp³-hybridized carbons (Fsp3) is 0.688. The lowest BCUT2D eigenvalue weighted by molar-refractivity contribution is 0.247. The van der Waals surface area contributed by atoms with E-state index in [0.717, 1.165) is 61.7 Å². The number of aromatic nitrogens is 1. The van der Waals surface area contributed by atoms with Gasteiger partial charge >= 0.3 is 0 Å².